The number of carbonyl (C=O) groups excluding carboxylic acids is 1. The highest BCUT2D eigenvalue weighted by molar-refractivity contribution is 6.11. The van der Waals surface area contributed by atoms with Gasteiger partial charge in [-0.1, -0.05) is 24.6 Å². The SMILES string of the molecule is O=C(Nc1ccccc1)c1n[nH]c2cc(F)c(-c3cncc(CN4CCCCC4)c3)cc12. The second-order valence-electron chi connectivity index (χ2n) is 8.19. The predicted molar refractivity (Wildman–Crippen MR) is 123 cm³/mol. The van der Waals surface area contributed by atoms with E-state index in [0.717, 1.165) is 25.2 Å². The molecule has 7 heteroatoms. The van der Waals surface area contributed by atoms with Crippen LogP contribution in [0.3, 0.4) is 0 Å². The molecule has 3 heterocycles. The molecule has 5 rings (SSSR count). The highest BCUT2D eigenvalue weighted by atomic mass is 19.1. The molecule has 1 amide bonds. The van der Waals surface area contributed by atoms with Crippen molar-refractivity contribution in [2.75, 3.05) is 18.4 Å². The summed E-state index contributed by atoms with van der Waals surface area (Å²) in [7, 11) is 0. The molecule has 2 aromatic heterocycles. The van der Waals surface area contributed by atoms with E-state index in [2.05, 4.69) is 25.4 Å². The molecule has 1 saturated heterocycles. The van der Waals surface area contributed by atoms with E-state index in [1.807, 2.05) is 30.5 Å². The first-order valence-corrected chi connectivity index (χ1v) is 10.9. The molecule has 0 spiro atoms. The largest absolute Gasteiger partial charge is 0.321 e. The molecule has 4 aromatic rings. The van der Waals surface area contributed by atoms with Crippen LogP contribution in [0.15, 0.2) is 60.9 Å². The maximum atomic E-state index is 15.0. The number of halogens is 1. The highest BCUT2D eigenvalue weighted by Gasteiger charge is 2.18. The third-order valence-electron chi connectivity index (χ3n) is 5.86. The van der Waals surface area contributed by atoms with Gasteiger partial charge >= 0.3 is 0 Å². The van der Waals surface area contributed by atoms with Crippen molar-refractivity contribution < 1.29 is 9.18 Å². The van der Waals surface area contributed by atoms with Gasteiger partial charge in [-0.3, -0.25) is 19.8 Å². The third kappa shape index (κ3) is 4.24. The smallest absolute Gasteiger partial charge is 0.276 e. The average molecular weight is 429 g/mol. The first-order valence-electron chi connectivity index (χ1n) is 10.9. The molecule has 0 radical (unpaired) electrons. The van der Waals surface area contributed by atoms with E-state index in [4.69, 9.17) is 0 Å². The Kier molecular flexibility index (Phi) is 5.64. The van der Waals surface area contributed by atoms with Gasteiger partial charge in [-0.2, -0.15) is 5.10 Å². The second kappa shape index (κ2) is 8.88. The highest BCUT2D eigenvalue weighted by Crippen LogP contribution is 2.29. The van der Waals surface area contributed by atoms with Gasteiger partial charge in [-0.05, 0) is 55.8 Å². The molecular weight excluding hydrogens is 405 g/mol. The molecule has 0 atom stereocenters. The molecule has 1 aliphatic rings. The summed E-state index contributed by atoms with van der Waals surface area (Å²) in [5, 5.41) is 10.3. The molecule has 0 saturated carbocycles. The molecule has 2 N–H and O–H groups in total. The van der Waals surface area contributed by atoms with Crippen LogP contribution in [-0.4, -0.2) is 39.1 Å². The topological polar surface area (TPSA) is 73.9 Å². The van der Waals surface area contributed by atoms with Crippen LogP contribution in [0.2, 0.25) is 0 Å². The molecule has 0 unspecified atom stereocenters. The maximum Gasteiger partial charge on any atom is 0.276 e. The number of piperidine rings is 1. The summed E-state index contributed by atoms with van der Waals surface area (Å²) in [5.74, 6) is -0.731. The average Bonchev–Trinajstić information content (AvgIpc) is 3.23. The lowest BCUT2D eigenvalue weighted by molar-refractivity contribution is 0.102. The lowest BCUT2D eigenvalue weighted by Gasteiger charge is -2.26. The van der Waals surface area contributed by atoms with E-state index in [-0.39, 0.29) is 17.4 Å². The van der Waals surface area contributed by atoms with Crippen molar-refractivity contribution in [1.82, 2.24) is 20.1 Å². The van der Waals surface area contributed by atoms with Gasteiger partial charge in [-0.15, -0.1) is 0 Å². The summed E-state index contributed by atoms with van der Waals surface area (Å²) in [4.78, 5) is 19.6. The third-order valence-corrected chi connectivity index (χ3v) is 5.86. The number of likely N-dealkylation sites (tertiary alicyclic amines) is 1. The van der Waals surface area contributed by atoms with Gasteiger partial charge < -0.3 is 5.32 Å². The molecule has 32 heavy (non-hydrogen) atoms. The van der Waals surface area contributed by atoms with Crippen LogP contribution in [-0.2, 0) is 6.54 Å². The number of rotatable bonds is 5. The molecule has 1 aliphatic heterocycles. The molecular formula is C25H24FN5O. The van der Waals surface area contributed by atoms with E-state index < -0.39 is 0 Å². The molecule has 1 fully saturated rings. The fourth-order valence-electron chi connectivity index (χ4n) is 4.24. The van der Waals surface area contributed by atoms with Crippen LogP contribution < -0.4 is 5.32 Å². The lowest BCUT2D eigenvalue weighted by Crippen LogP contribution is -2.29. The zero-order valence-electron chi connectivity index (χ0n) is 17.6. The van der Waals surface area contributed by atoms with Gasteiger partial charge in [-0.25, -0.2) is 4.39 Å². The molecule has 0 bridgehead atoms. The Morgan fingerprint density at radius 3 is 2.69 bits per heavy atom. The number of para-hydroxylation sites is 1. The van der Waals surface area contributed by atoms with Crippen molar-refractivity contribution >= 4 is 22.5 Å². The van der Waals surface area contributed by atoms with E-state index in [1.54, 1.807) is 24.4 Å². The van der Waals surface area contributed by atoms with Gasteiger partial charge in [0.1, 0.15) is 5.82 Å². The number of H-pyrrole nitrogens is 1. The van der Waals surface area contributed by atoms with Gasteiger partial charge in [0, 0.05) is 47.2 Å². The van der Waals surface area contributed by atoms with Gasteiger partial charge in [0.25, 0.3) is 5.91 Å². The van der Waals surface area contributed by atoms with Gasteiger partial charge in [0.2, 0.25) is 0 Å². The minimum absolute atomic E-state index is 0.225. The van der Waals surface area contributed by atoms with Crippen LogP contribution in [0.5, 0.6) is 0 Å². The fourth-order valence-corrected chi connectivity index (χ4v) is 4.24. The van der Waals surface area contributed by atoms with Gasteiger partial charge in [0.05, 0.1) is 5.52 Å². The van der Waals surface area contributed by atoms with Crippen LogP contribution >= 0.6 is 0 Å². The fraction of sp³-hybridized carbons (Fsp3) is 0.240. The Morgan fingerprint density at radius 1 is 1.06 bits per heavy atom. The number of fused-ring (bicyclic) bond motifs is 1. The monoisotopic (exact) mass is 429 g/mol. The van der Waals surface area contributed by atoms with Crippen molar-refractivity contribution in [3.8, 4) is 11.1 Å². The van der Waals surface area contributed by atoms with Gasteiger partial charge in [0.15, 0.2) is 5.69 Å². The standard InChI is InChI=1S/C25H24FN5O/c26-22-13-23-21(24(30-29-23)25(32)28-19-7-3-1-4-8-19)12-20(22)18-11-17(14-27-15-18)16-31-9-5-2-6-10-31/h1,3-4,7-8,11-15H,2,5-6,9-10,16H2,(H,28,32)(H,29,30). The van der Waals surface area contributed by atoms with Crippen molar-refractivity contribution in [2.24, 2.45) is 0 Å². The van der Waals surface area contributed by atoms with Crippen LogP contribution in [0, 0.1) is 5.82 Å². The summed E-state index contributed by atoms with van der Waals surface area (Å²) in [5.41, 5.74) is 3.52. The zero-order valence-corrected chi connectivity index (χ0v) is 17.6. The van der Waals surface area contributed by atoms with Crippen LogP contribution in [0.25, 0.3) is 22.0 Å². The number of amides is 1. The number of hydrogen-bond donors (Lipinski definition) is 2. The Hall–Kier alpha value is -3.58. The predicted octanol–water partition coefficient (Wildman–Crippen LogP) is 5.00. The van der Waals surface area contributed by atoms with E-state index in [9.17, 15) is 9.18 Å². The van der Waals surface area contributed by atoms with Crippen molar-refractivity contribution in [1.29, 1.82) is 0 Å². The van der Waals surface area contributed by atoms with Crippen LogP contribution in [0.4, 0.5) is 10.1 Å². The number of aromatic amines is 1. The maximum absolute atomic E-state index is 15.0. The molecule has 0 aliphatic carbocycles. The summed E-state index contributed by atoms with van der Waals surface area (Å²) in [6.45, 7) is 2.97. The number of pyridine rings is 1. The zero-order chi connectivity index (χ0) is 21.9. The number of nitrogens with one attached hydrogen (secondary N) is 2. The lowest BCUT2D eigenvalue weighted by atomic mass is 10.0. The van der Waals surface area contributed by atoms with Crippen molar-refractivity contribution in [3.05, 3.63) is 78.0 Å². The quantitative estimate of drug-likeness (QED) is 0.468. The molecule has 6 nitrogen and oxygen atoms in total. The van der Waals surface area contributed by atoms with E-state index >= 15 is 0 Å². The van der Waals surface area contributed by atoms with E-state index in [0.29, 0.717) is 27.7 Å². The number of aromatic nitrogens is 3. The van der Waals surface area contributed by atoms with Crippen molar-refractivity contribution in [3.63, 3.8) is 0 Å². The summed E-state index contributed by atoms with van der Waals surface area (Å²) in [6, 6.07) is 14.2. The first kappa shape index (κ1) is 20.3. The number of anilines is 1. The normalized spacial score (nSPS) is 14.5. The Labute approximate surface area is 185 Å². The molecule has 162 valence electrons. The van der Waals surface area contributed by atoms with E-state index in [1.165, 1.54) is 25.3 Å². The summed E-state index contributed by atoms with van der Waals surface area (Å²) in [6.07, 6.45) is 7.21. The Morgan fingerprint density at radius 2 is 1.88 bits per heavy atom. The summed E-state index contributed by atoms with van der Waals surface area (Å²) >= 11 is 0. The number of nitrogens with zero attached hydrogens (tertiary/aromatic N) is 3. The first-order chi connectivity index (χ1) is 15.7. The minimum Gasteiger partial charge on any atom is -0.321 e. The minimum atomic E-state index is -0.381. The van der Waals surface area contributed by atoms with Crippen molar-refractivity contribution in [2.45, 2.75) is 25.8 Å². The van der Waals surface area contributed by atoms with Crippen LogP contribution in [0.1, 0.15) is 35.3 Å². The molecule has 2 aromatic carbocycles. The summed E-state index contributed by atoms with van der Waals surface area (Å²) < 4.78 is 15.0. The number of benzene rings is 2. The number of hydrogen-bond acceptors (Lipinski definition) is 4. The Balaban J connectivity index is 1.45. The number of carbonyl (C=O) groups is 1. The Bertz CT molecular complexity index is 1250. The second-order valence-corrected chi connectivity index (χ2v) is 8.19.